The number of fused-ring (bicyclic) bond motifs is 1. The number of rotatable bonds is 10. The first-order chi connectivity index (χ1) is 15.9. The largest absolute Gasteiger partial charge is 0.450 e. The number of hydrogen-bond acceptors (Lipinski definition) is 5. The number of aromatic amines is 1. The molecule has 1 aliphatic rings. The van der Waals surface area contributed by atoms with E-state index < -0.39 is 15.9 Å². The van der Waals surface area contributed by atoms with Crippen LogP contribution in [-0.4, -0.2) is 54.7 Å². The number of H-pyrrole nitrogens is 1. The van der Waals surface area contributed by atoms with E-state index in [0.717, 1.165) is 30.5 Å². The van der Waals surface area contributed by atoms with E-state index in [1.165, 1.54) is 4.90 Å². The minimum Gasteiger partial charge on any atom is -0.319 e. The summed E-state index contributed by atoms with van der Waals surface area (Å²) < 4.78 is 1.24. The van der Waals surface area contributed by atoms with Gasteiger partial charge in [0.25, 0.3) is 11.7 Å². The maximum absolute atomic E-state index is 13.3. The zero-order chi connectivity index (χ0) is 23.4. The summed E-state index contributed by atoms with van der Waals surface area (Å²) in [5, 5.41) is 4.42. The number of imidazole rings is 1. The molecule has 9 nitrogen and oxygen atoms in total. The van der Waals surface area contributed by atoms with Crippen molar-refractivity contribution < 1.29 is 9.59 Å². The van der Waals surface area contributed by atoms with Crippen LogP contribution in [0, 0.1) is 0 Å². The summed E-state index contributed by atoms with van der Waals surface area (Å²) in [6.07, 6.45) is 9.37. The number of unbranched alkanes of at least 4 members (excludes halogenated alkanes) is 2. The van der Waals surface area contributed by atoms with Crippen molar-refractivity contribution in [2.24, 2.45) is 0 Å². The average Bonchev–Trinajstić information content (AvgIpc) is 3.42. The van der Waals surface area contributed by atoms with Crippen LogP contribution in [-0.2, 0) is 13.0 Å². The van der Waals surface area contributed by atoms with Gasteiger partial charge >= 0.3 is 6.03 Å². The zero-order valence-corrected chi connectivity index (χ0v) is 19.9. The Morgan fingerprint density at radius 2 is 2.03 bits per heavy atom. The summed E-state index contributed by atoms with van der Waals surface area (Å²) in [6.45, 7) is 3.23. The molecule has 4 rings (SSSR count). The number of nitrogens with zero attached hydrogens (tertiary/aromatic N) is 6. The molecule has 3 amide bonds. The van der Waals surface area contributed by atoms with Crippen LogP contribution in [0.5, 0.6) is 0 Å². The molecule has 0 spiro atoms. The highest BCUT2D eigenvalue weighted by molar-refractivity contribution is 6.35. The fourth-order valence-electron chi connectivity index (χ4n) is 3.94. The average molecular weight is 491 g/mol. The third-order valence-electron chi connectivity index (χ3n) is 5.64. The molecular formula is C22H26Cl2N7O2+. The van der Waals surface area contributed by atoms with E-state index in [0.29, 0.717) is 25.9 Å². The van der Waals surface area contributed by atoms with Gasteiger partial charge in [0.1, 0.15) is 6.54 Å². The van der Waals surface area contributed by atoms with Crippen molar-refractivity contribution in [2.75, 3.05) is 13.1 Å². The lowest BCUT2D eigenvalue weighted by molar-refractivity contribution is 0.0755. The van der Waals surface area contributed by atoms with Gasteiger partial charge in [-0.1, -0.05) is 23.4 Å². The van der Waals surface area contributed by atoms with Crippen LogP contribution in [0.4, 0.5) is 10.6 Å². The van der Waals surface area contributed by atoms with Gasteiger partial charge < -0.3 is 4.98 Å². The third-order valence-corrected chi connectivity index (χ3v) is 6.29. The van der Waals surface area contributed by atoms with Gasteiger partial charge in [0.2, 0.25) is 5.28 Å². The second kappa shape index (κ2) is 10.0. The molecule has 1 atom stereocenters. The standard InChI is InChI=1S/C22H25Cl2N7O2/c1-2-3-6-12-31(24)19-18(27-21(23)28-19)20(32)30(22(31)33)11-7-8-16-13-26-29(14-16)15-17-9-4-5-10-25-17/h4-5,9-10,13-14H,2-3,6-8,11-12,15H2,1H3/p+1. The first-order valence-electron chi connectivity index (χ1n) is 11.0. The van der Waals surface area contributed by atoms with Crippen molar-refractivity contribution in [3.8, 4) is 0 Å². The van der Waals surface area contributed by atoms with Crippen molar-refractivity contribution in [3.63, 3.8) is 0 Å². The van der Waals surface area contributed by atoms with Crippen LogP contribution in [0.25, 0.3) is 0 Å². The van der Waals surface area contributed by atoms with E-state index in [1.54, 1.807) is 12.4 Å². The molecule has 0 aromatic carbocycles. The number of hydrogen-bond donors (Lipinski definition) is 1. The van der Waals surface area contributed by atoms with Crippen LogP contribution < -0.4 is 4.00 Å². The van der Waals surface area contributed by atoms with E-state index in [1.807, 2.05) is 29.1 Å². The maximum atomic E-state index is 13.3. The summed E-state index contributed by atoms with van der Waals surface area (Å²) in [5.74, 6) is -0.273. The van der Waals surface area contributed by atoms with Gasteiger partial charge in [-0.2, -0.15) is 10.1 Å². The second-order valence-electron chi connectivity index (χ2n) is 8.08. The normalized spacial score (nSPS) is 18.1. The van der Waals surface area contributed by atoms with Gasteiger partial charge in [-0.15, -0.1) is 0 Å². The Bertz CT molecular complexity index is 1130. The second-order valence-corrected chi connectivity index (χ2v) is 9.02. The van der Waals surface area contributed by atoms with Gasteiger partial charge in [0.05, 0.1) is 18.4 Å². The Labute approximate surface area is 202 Å². The lowest BCUT2D eigenvalue weighted by Crippen LogP contribution is -2.59. The number of aryl methyl sites for hydroxylation is 1. The molecule has 3 aromatic heterocycles. The van der Waals surface area contributed by atoms with Crippen molar-refractivity contribution >= 4 is 41.1 Å². The summed E-state index contributed by atoms with van der Waals surface area (Å²) in [4.78, 5) is 38.7. The van der Waals surface area contributed by atoms with Crippen molar-refractivity contribution in [3.05, 3.63) is 59.0 Å². The molecule has 4 heterocycles. The maximum Gasteiger partial charge on any atom is 0.450 e. The number of carbonyl (C=O) groups excluding carboxylic acids is 2. The lowest BCUT2D eigenvalue weighted by atomic mass is 10.1. The highest BCUT2D eigenvalue weighted by Gasteiger charge is 2.54. The van der Waals surface area contributed by atoms with Crippen LogP contribution in [0.15, 0.2) is 36.8 Å². The number of imide groups is 1. The van der Waals surface area contributed by atoms with Gasteiger partial charge in [0.15, 0.2) is 17.5 Å². The third kappa shape index (κ3) is 4.95. The molecule has 0 saturated carbocycles. The number of carbonyl (C=O) groups is 2. The summed E-state index contributed by atoms with van der Waals surface area (Å²) in [6, 6.07) is 5.27. The molecule has 0 radical (unpaired) electrons. The van der Waals surface area contributed by atoms with Crippen molar-refractivity contribution in [1.29, 1.82) is 0 Å². The molecule has 0 aliphatic carbocycles. The molecule has 3 aromatic rings. The number of amides is 3. The number of quaternary nitrogens is 1. The van der Waals surface area contributed by atoms with E-state index in [-0.39, 0.29) is 23.3 Å². The fourth-order valence-corrected chi connectivity index (χ4v) is 4.45. The molecule has 1 unspecified atom stereocenters. The Hall–Kier alpha value is -2.75. The first kappa shape index (κ1) is 23.4. The highest BCUT2D eigenvalue weighted by atomic mass is 35.5. The highest BCUT2D eigenvalue weighted by Crippen LogP contribution is 2.37. The predicted molar refractivity (Wildman–Crippen MR) is 126 cm³/mol. The SMILES string of the molecule is CCCCC[N+]1(Cl)C(=O)N(CCCc2cnn(Cc3ccccn3)c2)C(=O)c2[nH]c(Cl)nc21. The van der Waals surface area contributed by atoms with Crippen LogP contribution in [0.3, 0.4) is 0 Å². The number of aromatic nitrogens is 5. The molecule has 1 N–H and O–H groups in total. The molecule has 11 heteroatoms. The van der Waals surface area contributed by atoms with Crippen LogP contribution in [0.2, 0.25) is 5.28 Å². The minimum absolute atomic E-state index is 0.0435. The van der Waals surface area contributed by atoms with E-state index in [9.17, 15) is 9.59 Å². The van der Waals surface area contributed by atoms with Gasteiger partial charge in [0, 0.05) is 18.9 Å². The molecule has 1 aliphatic heterocycles. The Morgan fingerprint density at radius 1 is 1.18 bits per heavy atom. The number of urea groups is 1. The molecule has 0 bridgehead atoms. The van der Waals surface area contributed by atoms with E-state index in [4.69, 9.17) is 23.4 Å². The number of pyridine rings is 1. The Kier molecular flexibility index (Phi) is 7.11. The lowest BCUT2D eigenvalue weighted by Gasteiger charge is -2.33. The molecule has 0 fully saturated rings. The molecule has 0 saturated heterocycles. The molecule has 33 heavy (non-hydrogen) atoms. The van der Waals surface area contributed by atoms with Crippen molar-refractivity contribution in [2.45, 2.75) is 45.6 Å². The Morgan fingerprint density at radius 3 is 2.79 bits per heavy atom. The molecular weight excluding hydrogens is 465 g/mol. The fraction of sp³-hybridized carbons (Fsp3) is 0.409. The van der Waals surface area contributed by atoms with Crippen LogP contribution >= 0.6 is 23.4 Å². The van der Waals surface area contributed by atoms with Gasteiger partial charge in [-0.05, 0) is 55.0 Å². The molecule has 174 valence electrons. The van der Waals surface area contributed by atoms with E-state index >= 15 is 0 Å². The topological polar surface area (TPSA) is 96.8 Å². The summed E-state index contributed by atoms with van der Waals surface area (Å²) in [7, 11) is 0. The minimum atomic E-state index is -0.577. The van der Waals surface area contributed by atoms with Gasteiger partial charge in [-0.3, -0.25) is 14.5 Å². The smallest absolute Gasteiger partial charge is 0.319 e. The zero-order valence-electron chi connectivity index (χ0n) is 18.4. The quantitative estimate of drug-likeness (QED) is 0.331. The number of halogens is 2. The van der Waals surface area contributed by atoms with Gasteiger partial charge in [-0.25, -0.2) is 9.69 Å². The van der Waals surface area contributed by atoms with Crippen molar-refractivity contribution in [1.82, 2.24) is 33.6 Å². The predicted octanol–water partition coefficient (Wildman–Crippen LogP) is 4.56. The first-order valence-corrected chi connectivity index (χ1v) is 11.8. The number of nitrogens with one attached hydrogen (secondary N) is 1. The monoisotopic (exact) mass is 490 g/mol. The van der Waals surface area contributed by atoms with Crippen LogP contribution in [0.1, 0.15) is 54.4 Å². The van der Waals surface area contributed by atoms with E-state index in [2.05, 4.69) is 27.0 Å². The Balaban J connectivity index is 1.42. The summed E-state index contributed by atoms with van der Waals surface area (Å²) in [5.41, 5.74) is 2.11. The summed E-state index contributed by atoms with van der Waals surface area (Å²) >= 11 is 12.8.